The molecule has 4 nitrogen and oxygen atoms in total. The van der Waals surface area contributed by atoms with E-state index in [-0.39, 0.29) is 5.56 Å². The van der Waals surface area contributed by atoms with Gasteiger partial charge >= 0.3 is 0 Å². The monoisotopic (exact) mass is 222 g/mol. The zero-order valence-electron chi connectivity index (χ0n) is 8.16. The molecule has 0 spiro atoms. The Kier molecular flexibility index (Phi) is 2.55. The molecule has 0 atom stereocenters. The number of H-pyrrole nitrogens is 2. The third-order valence-electron chi connectivity index (χ3n) is 2.19. The highest BCUT2D eigenvalue weighted by molar-refractivity contribution is 7.71. The van der Waals surface area contributed by atoms with Crippen molar-refractivity contribution >= 4 is 12.2 Å². The molecule has 0 aliphatic carbocycles. The lowest BCUT2D eigenvalue weighted by Crippen LogP contribution is -2.16. The van der Waals surface area contributed by atoms with Gasteiger partial charge in [0.15, 0.2) is 4.77 Å². The van der Waals surface area contributed by atoms with Crippen LogP contribution in [0.15, 0.2) is 27.6 Å². The van der Waals surface area contributed by atoms with E-state index >= 15 is 0 Å². The Balaban J connectivity index is 2.45. The number of rotatable bonds is 2. The van der Waals surface area contributed by atoms with Crippen molar-refractivity contribution < 1.29 is 4.42 Å². The summed E-state index contributed by atoms with van der Waals surface area (Å²) >= 11 is 4.86. The van der Waals surface area contributed by atoms with E-state index in [0.717, 1.165) is 11.5 Å². The van der Waals surface area contributed by atoms with Gasteiger partial charge in [-0.1, -0.05) is 0 Å². The molecule has 2 N–H and O–H groups in total. The maximum absolute atomic E-state index is 11.6. The Morgan fingerprint density at radius 2 is 2.27 bits per heavy atom. The third kappa shape index (κ3) is 2.07. The second-order valence-corrected chi connectivity index (χ2v) is 3.68. The lowest BCUT2D eigenvalue weighted by molar-refractivity contribution is 0.519. The van der Waals surface area contributed by atoms with Crippen LogP contribution in [0.1, 0.15) is 17.0 Å². The summed E-state index contributed by atoms with van der Waals surface area (Å²) in [6.07, 6.45) is 2.06. The molecule has 0 aromatic carbocycles. The highest BCUT2D eigenvalue weighted by Gasteiger charge is 2.07. The van der Waals surface area contributed by atoms with E-state index in [1.54, 1.807) is 12.3 Å². The first-order valence-electron chi connectivity index (χ1n) is 4.51. The van der Waals surface area contributed by atoms with Gasteiger partial charge in [0.25, 0.3) is 5.56 Å². The smallest absolute Gasteiger partial charge is 0.255 e. The van der Waals surface area contributed by atoms with Gasteiger partial charge in [-0.25, -0.2) is 0 Å². The van der Waals surface area contributed by atoms with Crippen LogP contribution < -0.4 is 5.56 Å². The second-order valence-electron chi connectivity index (χ2n) is 3.27. The summed E-state index contributed by atoms with van der Waals surface area (Å²) in [4.78, 5) is 17.1. The Hall–Kier alpha value is -1.62. The Morgan fingerprint density at radius 1 is 1.47 bits per heavy atom. The minimum Gasteiger partial charge on any atom is -0.469 e. The molecule has 0 unspecified atom stereocenters. The van der Waals surface area contributed by atoms with Crippen molar-refractivity contribution in [2.45, 2.75) is 13.3 Å². The Labute approximate surface area is 91.0 Å². The Bertz CT molecular complexity index is 566. The normalized spacial score (nSPS) is 10.5. The molecule has 0 radical (unpaired) electrons. The average Bonchev–Trinajstić information content (AvgIpc) is 2.63. The summed E-state index contributed by atoms with van der Waals surface area (Å²) in [5.41, 5.74) is 1.27. The van der Waals surface area contributed by atoms with Gasteiger partial charge in [0, 0.05) is 17.7 Å². The predicted octanol–water partition coefficient (Wildman–Crippen LogP) is 1.92. The van der Waals surface area contributed by atoms with Gasteiger partial charge in [-0.2, -0.15) is 0 Å². The predicted molar refractivity (Wildman–Crippen MR) is 58.5 cm³/mol. The standard InChI is InChI=1S/C10H10N2O2S/c1-6-8(5-7-3-2-4-14-7)9(13)12-10(15)11-6/h2-4H,5H2,1H3,(H2,11,12,13,15). The molecule has 0 aliphatic rings. The first-order chi connectivity index (χ1) is 7.16. The van der Waals surface area contributed by atoms with E-state index in [1.165, 1.54) is 0 Å². The lowest BCUT2D eigenvalue weighted by Gasteiger charge is -2.01. The van der Waals surface area contributed by atoms with Gasteiger partial charge in [-0.3, -0.25) is 9.78 Å². The fourth-order valence-electron chi connectivity index (χ4n) is 1.43. The summed E-state index contributed by atoms with van der Waals surface area (Å²) in [7, 11) is 0. The van der Waals surface area contributed by atoms with Gasteiger partial charge in [-0.15, -0.1) is 0 Å². The van der Waals surface area contributed by atoms with Gasteiger partial charge in [0.05, 0.1) is 6.26 Å². The molecule has 0 bridgehead atoms. The largest absolute Gasteiger partial charge is 0.469 e. The second kappa shape index (κ2) is 3.86. The molecule has 15 heavy (non-hydrogen) atoms. The minimum atomic E-state index is -0.160. The molecule has 2 aromatic rings. The van der Waals surface area contributed by atoms with Crippen molar-refractivity contribution in [3.8, 4) is 0 Å². The molecular weight excluding hydrogens is 212 g/mol. The van der Waals surface area contributed by atoms with Crippen LogP contribution in [0.2, 0.25) is 0 Å². The number of aryl methyl sites for hydroxylation is 1. The highest BCUT2D eigenvalue weighted by Crippen LogP contribution is 2.08. The van der Waals surface area contributed by atoms with Crippen LogP contribution in [-0.2, 0) is 6.42 Å². The molecule has 0 aliphatic heterocycles. The van der Waals surface area contributed by atoms with E-state index in [1.807, 2.05) is 13.0 Å². The summed E-state index contributed by atoms with van der Waals surface area (Å²) in [6, 6.07) is 3.63. The Morgan fingerprint density at radius 3 is 2.87 bits per heavy atom. The van der Waals surface area contributed by atoms with E-state index in [4.69, 9.17) is 16.6 Å². The van der Waals surface area contributed by atoms with Gasteiger partial charge < -0.3 is 9.40 Å². The SMILES string of the molecule is Cc1[nH]c(=S)[nH]c(=O)c1Cc1ccco1. The summed E-state index contributed by atoms with van der Waals surface area (Å²) in [5, 5.41) is 0. The average molecular weight is 222 g/mol. The molecule has 5 heteroatoms. The van der Waals surface area contributed by atoms with Crippen LogP contribution in [0.25, 0.3) is 0 Å². The van der Waals surface area contributed by atoms with Crippen molar-refractivity contribution in [2.24, 2.45) is 0 Å². The van der Waals surface area contributed by atoms with E-state index in [9.17, 15) is 4.79 Å². The minimum absolute atomic E-state index is 0.160. The van der Waals surface area contributed by atoms with Gasteiger partial charge in [-0.05, 0) is 31.3 Å². The number of hydrogen-bond donors (Lipinski definition) is 2. The summed E-state index contributed by atoms with van der Waals surface area (Å²) in [5.74, 6) is 0.758. The van der Waals surface area contributed by atoms with Crippen molar-refractivity contribution in [2.75, 3.05) is 0 Å². The molecule has 0 saturated heterocycles. The molecule has 2 rings (SSSR count). The van der Waals surface area contributed by atoms with E-state index < -0.39 is 0 Å². The molecular formula is C10H10N2O2S. The van der Waals surface area contributed by atoms with Crippen molar-refractivity contribution in [1.29, 1.82) is 0 Å². The lowest BCUT2D eigenvalue weighted by atomic mass is 10.1. The highest BCUT2D eigenvalue weighted by atomic mass is 32.1. The van der Waals surface area contributed by atoms with Crippen LogP contribution in [0, 0.1) is 11.7 Å². The number of aromatic nitrogens is 2. The molecule has 2 heterocycles. The quantitative estimate of drug-likeness (QED) is 0.763. The first kappa shape index (κ1) is 9.92. The van der Waals surface area contributed by atoms with Crippen LogP contribution in [0.3, 0.4) is 0 Å². The van der Waals surface area contributed by atoms with Gasteiger partial charge in [0.2, 0.25) is 0 Å². The first-order valence-corrected chi connectivity index (χ1v) is 4.92. The fourth-order valence-corrected chi connectivity index (χ4v) is 1.67. The van der Waals surface area contributed by atoms with Crippen LogP contribution in [-0.4, -0.2) is 9.97 Å². The zero-order chi connectivity index (χ0) is 10.8. The number of hydrogen-bond acceptors (Lipinski definition) is 3. The maximum atomic E-state index is 11.6. The summed E-state index contributed by atoms with van der Waals surface area (Å²) < 4.78 is 5.53. The fraction of sp³-hybridized carbons (Fsp3) is 0.200. The van der Waals surface area contributed by atoms with Crippen LogP contribution in [0.4, 0.5) is 0 Å². The van der Waals surface area contributed by atoms with E-state index in [2.05, 4.69) is 9.97 Å². The van der Waals surface area contributed by atoms with Crippen molar-refractivity contribution in [3.05, 3.63) is 50.5 Å². The zero-order valence-corrected chi connectivity index (χ0v) is 8.98. The van der Waals surface area contributed by atoms with Gasteiger partial charge in [0.1, 0.15) is 5.76 Å². The van der Waals surface area contributed by atoms with Crippen LogP contribution >= 0.6 is 12.2 Å². The third-order valence-corrected chi connectivity index (χ3v) is 2.39. The van der Waals surface area contributed by atoms with Crippen molar-refractivity contribution in [3.63, 3.8) is 0 Å². The van der Waals surface area contributed by atoms with E-state index in [0.29, 0.717) is 16.8 Å². The summed E-state index contributed by atoms with van der Waals surface area (Å²) in [6.45, 7) is 1.82. The van der Waals surface area contributed by atoms with Crippen LogP contribution in [0.5, 0.6) is 0 Å². The number of nitrogens with one attached hydrogen (secondary N) is 2. The topological polar surface area (TPSA) is 61.8 Å². The molecule has 78 valence electrons. The molecule has 0 fully saturated rings. The number of furan rings is 1. The molecule has 2 aromatic heterocycles. The maximum Gasteiger partial charge on any atom is 0.255 e. The molecule has 0 saturated carbocycles. The number of aromatic amines is 2. The molecule has 0 amide bonds. The van der Waals surface area contributed by atoms with Crippen molar-refractivity contribution in [1.82, 2.24) is 9.97 Å².